The van der Waals surface area contributed by atoms with E-state index >= 15 is 0 Å². The lowest BCUT2D eigenvalue weighted by Crippen LogP contribution is -2.35. The Bertz CT molecular complexity index is 1010. The van der Waals surface area contributed by atoms with Crippen molar-refractivity contribution in [3.63, 3.8) is 0 Å². The van der Waals surface area contributed by atoms with Gasteiger partial charge in [-0.25, -0.2) is 0 Å². The largest absolute Gasteiger partial charge is 0.357 e. The number of para-hydroxylation sites is 1. The molecule has 1 aliphatic heterocycles. The van der Waals surface area contributed by atoms with E-state index in [1.54, 1.807) is 12.1 Å². The fourth-order valence-corrected chi connectivity index (χ4v) is 4.86. The normalized spacial score (nSPS) is 13.8. The number of fused-ring (bicyclic) bond motifs is 3. The molecule has 1 amide bonds. The summed E-state index contributed by atoms with van der Waals surface area (Å²) in [4.78, 5) is 30.7. The number of Topliss-reactive ketones (excluding diaryl/α,β-unsaturated/α-hetero) is 1. The minimum Gasteiger partial charge on any atom is -0.357 e. The van der Waals surface area contributed by atoms with Gasteiger partial charge >= 0.3 is 0 Å². The van der Waals surface area contributed by atoms with Gasteiger partial charge in [0.25, 0.3) is 0 Å². The summed E-state index contributed by atoms with van der Waals surface area (Å²) in [7, 11) is 0. The van der Waals surface area contributed by atoms with E-state index in [9.17, 15) is 9.59 Å². The number of rotatable bonds is 4. The highest BCUT2D eigenvalue weighted by Crippen LogP contribution is 2.32. The molecule has 4 rings (SSSR count). The molecule has 0 aliphatic carbocycles. The van der Waals surface area contributed by atoms with Gasteiger partial charge in [0.15, 0.2) is 5.78 Å². The number of hydrogen-bond acceptors (Lipinski definition) is 3. The number of H-pyrrole nitrogens is 1. The number of nitrogens with one attached hydrogen (secondary N) is 1. The smallest absolute Gasteiger partial charge is 0.223 e. The number of aromatic amines is 1. The van der Waals surface area contributed by atoms with Crippen LogP contribution in [0.1, 0.15) is 33.8 Å². The van der Waals surface area contributed by atoms with E-state index in [1.807, 2.05) is 17.0 Å². The standard InChI is InChI=1S/C19H16BrClN2O2S/c20-13-3-1-2-11-12-10-23(9-8-14(12)22-19(11)13)18(25)7-4-15(24)16-5-6-17(21)26-16/h1-3,5-6,22H,4,7-10H2. The van der Waals surface area contributed by atoms with Gasteiger partial charge in [-0.2, -0.15) is 0 Å². The summed E-state index contributed by atoms with van der Waals surface area (Å²) in [6.07, 6.45) is 1.25. The number of hydrogen-bond donors (Lipinski definition) is 1. The molecule has 7 heteroatoms. The van der Waals surface area contributed by atoms with Gasteiger partial charge in [0.2, 0.25) is 5.91 Å². The third kappa shape index (κ3) is 3.33. The number of amides is 1. The van der Waals surface area contributed by atoms with Crippen LogP contribution in [0.5, 0.6) is 0 Å². The molecule has 0 saturated heterocycles. The number of halogens is 2. The molecule has 0 fully saturated rings. The minimum absolute atomic E-state index is 0.0241. The average molecular weight is 452 g/mol. The van der Waals surface area contributed by atoms with Crippen LogP contribution in [0.25, 0.3) is 10.9 Å². The number of carbonyl (C=O) groups excluding carboxylic acids is 2. The van der Waals surface area contributed by atoms with Crippen molar-refractivity contribution >= 4 is 61.5 Å². The summed E-state index contributed by atoms with van der Waals surface area (Å²) in [5, 5.41) is 1.15. The SMILES string of the molecule is O=C(CCC(=O)N1CCc2[nH]c3c(Br)cccc3c2C1)c1ccc(Cl)s1. The van der Waals surface area contributed by atoms with Crippen LogP contribution in [0.15, 0.2) is 34.8 Å². The highest BCUT2D eigenvalue weighted by molar-refractivity contribution is 9.10. The lowest BCUT2D eigenvalue weighted by Gasteiger charge is -2.27. The summed E-state index contributed by atoms with van der Waals surface area (Å²) in [6, 6.07) is 9.52. The van der Waals surface area contributed by atoms with E-state index in [0.29, 0.717) is 22.3 Å². The second kappa shape index (κ2) is 7.18. The Balaban J connectivity index is 1.45. The summed E-state index contributed by atoms with van der Waals surface area (Å²) in [6.45, 7) is 1.26. The first-order chi connectivity index (χ1) is 12.5. The molecule has 0 atom stereocenters. The topological polar surface area (TPSA) is 53.2 Å². The Labute approximate surface area is 168 Å². The first-order valence-corrected chi connectivity index (χ1v) is 10.4. The Morgan fingerprint density at radius 1 is 1.23 bits per heavy atom. The van der Waals surface area contributed by atoms with Gasteiger partial charge in [-0.1, -0.05) is 23.7 Å². The summed E-state index contributed by atoms with van der Waals surface area (Å²) in [5.41, 5.74) is 3.45. The molecule has 0 spiro atoms. The summed E-state index contributed by atoms with van der Waals surface area (Å²) in [5.74, 6) is -0.0000249. The highest BCUT2D eigenvalue weighted by atomic mass is 79.9. The molecule has 4 nitrogen and oxygen atoms in total. The number of aromatic nitrogens is 1. The van der Waals surface area contributed by atoms with Gasteiger partial charge in [0.05, 0.1) is 14.7 Å². The van der Waals surface area contributed by atoms with E-state index in [-0.39, 0.29) is 24.5 Å². The Hall–Kier alpha value is -1.63. The molecule has 0 radical (unpaired) electrons. The second-order valence-electron chi connectivity index (χ2n) is 6.34. The van der Waals surface area contributed by atoms with Gasteiger partial charge < -0.3 is 9.88 Å². The number of benzene rings is 1. The van der Waals surface area contributed by atoms with Crippen molar-refractivity contribution in [3.05, 3.63) is 55.3 Å². The molecule has 2 aromatic heterocycles. The quantitative estimate of drug-likeness (QED) is 0.555. The predicted molar refractivity (Wildman–Crippen MR) is 108 cm³/mol. The van der Waals surface area contributed by atoms with Crippen LogP contribution in [0, 0.1) is 0 Å². The minimum atomic E-state index is -0.0241. The maximum absolute atomic E-state index is 12.6. The molecule has 0 saturated carbocycles. The average Bonchev–Trinajstić information content (AvgIpc) is 3.23. The number of nitrogens with zero attached hydrogens (tertiary/aromatic N) is 1. The fourth-order valence-electron chi connectivity index (χ4n) is 3.38. The van der Waals surface area contributed by atoms with Gasteiger partial charge in [0, 0.05) is 53.5 Å². The maximum atomic E-state index is 12.6. The maximum Gasteiger partial charge on any atom is 0.223 e. The summed E-state index contributed by atoms with van der Waals surface area (Å²) < 4.78 is 1.62. The monoisotopic (exact) mass is 450 g/mol. The first-order valence-electron chi connectivity index (χ1n) is 8.37. The molecule has 1 aromatic carbocycles. The van der Waals surface area contributed by atoms with Crippen molar-refractivity contribution in [1.82, 2.24) is 9.88 Å². The third-order valence-electron chi connectivity index (χ3n) is 4.73. The molecule has 3 heterocycles. The fraction of sp³-hybridized carbons (Fsp3) is 0.263. The molecule has 1 aliphatic rings. The van der Waals surface area contributed by atoms with Crippen molar-refractivity contribution in [1.29, 1.82) is 0 Å². The Kier molecular flexibility index (Phi) is 4.90. The third-order valence-corrected chi connectivity index (χ3v) is 6.66. The zero-order chi connectivity index (χ0) is 18.3. The van der Waals surface area contributed by atoms with Gasteiger partial charge in [0.1, 0.15) is 0 Å². The molecule has 26 heavy (non-hydrogen) atoms. The zero-order valence-corrected chi connectivity index (χ0v) is 17.0. The number of carbonyl (C=O) groups is 2. The lowest BCUT2D eigenvalue weighted by molar-refractivity contribution is -0.132. The van der Waals surface area contributed by atoms with E-state index in [1.165, 1.54) is 22.6 Å². The van der Waals surface area contributed by atoms with Crippen molar-refractivity contribution in [2.75, 3.05) is 6.54 Å². The van der Waals surface area contributed by atoms with Crippen molar-refractivity contribution in [2.45, 2.75) is 25.8 Å². The van der Waals surface area contributed by atoms with Crippen LogP contribution < -0.4 is 0 Å². The van der Waals surface area contributed by atoms with Gasteiger partial charge in [-0.05, 0) is 34.1 Å². The van der Waals surface area contributed by atoms with Crippen molar-refractivity contribution in [2.24, 2.45) is 0 Å². The molecule has 134 valence electrons. The highest BCUT2D eigenvalue weighted by Gasteiger charge is 2.25. The number of ketones is 1. The lowest BCUT2D eigenvalue weighted by atomic mass is 10.0. The molecule has 0 unspecified atom stereocenters. The molecular formula is C19H16BrClN2O2S. The van der Waals surface area contributed by atoms with Crippen LogP contribution in [-0.2, 0) is 17.8 Å². The van der Waals surface area contributed by atoms with Crippen molar-refractivity contribution < 1.29 is 9.59 Å². The second-order valence-corrected chi connectivity index (χ2v) is 8.91. The van der Waals surface area contributed by atoms with Crippen LogP contribution in [0.2, 0.25) is 4.34 Å². The van der Waals surface area contributed by atoms with Crippen LogP contribution >= 0.6 is 38.9 Å². The van der Waals surface area contributed by atoms with E-state index in [0.717, 1.165) is 21.8 Å². The molecule has 0 bridgehead atoms. The Morgan fingerprint density at radius 3 is 2.85 bits per heavy atom. The Morgan fingerprint density at radius 2 is 2.08 bits per heavy atom. The van der Waals surface area contributed by atoms with E-state index < -0.39 is 0 Å². The van der Waals surface area contributed by atoms with E-state index in [2.05, 4.69) is 27.0 Å². The van der Waals surface area contributed by atoms with Crippen molar-refractivity contribution in [3.8, 4) is 0 Å². The van der Waals surface area contributed by atoms with E-state index in [4.69, 9.17) is 11.6 Å². The van der Waals surface area contributed by atoms with Gasteiger partial charge in [-0.3, -0.25) is 9.59 Å². The van der Waals surface area contributed by atoms with Gasteiger partial charge in [-0.15, -0.1) is 11.3 Å². The number of thiophene rings is 1. The zero-order valence-electron chi connectivity index (χ0n) is 13.9. The first kappa shape index (κ1) is 17.8. The van der Waals surface area contributed by atoms with Crippen LogP contribution in [0.4, 0.5) is 0 Å². The molecule has 1 N–H and O–H groups in total. The van der Waals surface area contributed by atoms with Crippen LogP contribution in [0.3, 0.4) is 0 Å². The van der Waals surface area contributed by atoms with Crippen LogP contribution in [-0.4, -0.2) is 28.1 Å². The predicted octanol–water partition coefficient (Wildman–Crippen LogP) is 5.19. The summed E-state index contributed by atoms with van der Waals surface area (Å²) >= 11 is 10.7. The molecular weight excluding hydrogens is 436 g/mol. The molecule has 3 aromatic rings.